The molecule has 4 rings (SSSR count). The molecule has 0 aromatic heterocycles. The van der Waals surface area contributed by atoms with Crippen LogP contribution in [0.15, 0.2) is 60.7 Å². The minimum atomic E-state index is -4.62. The Morgan fingerprint density at radius 1 is 0.902 bits per heavy atom. The fourth-order valence-electron chi connectivity index (χ4n) is 4.49. The quantitative estimate of drug-likeness (QED) is 0.440. The molecular formula is C30H33F3N4O4. The minimum absolute atomic E-state index is 0.00658. The van der Waals surface area contributed by atoms with Crippen LogP contribution in [0.3, 0.4) is 0 Å². The van der Waals surface area contributed by atoms with Crippen molar-refractivity contribution in [2.75, 3.05) is 36.8 Å². The molecule has 2 N–H and O–H groups in total. The Hall–Kier alpha value is -4.12. The van der Waals surface area contributed by atoms with E-state index in [1.54, 1.807) is 56.0 Å². The molecule has 218 valence electrons. The fourth-order valence-corrected chi connectivity index (χ4v) is 4.49. The Morgan fingerprint density at radius 2 is 1.54 bits per heavy atom. The Balaban J connectivity index is 1.36. The Labute approximate surface area is 236 Å². The maximum Gasteiger partial charge on any atom is 0.416 e. The van der Waals surface area contributed by atoms with Crippen molar-refractivity contribution in [3.05, 3.63) is 77.4 Å². The van der Waals surface area contributed by atoms with Gasteiger partial charge in [0.05, 0.1) is 5.56 Å². The first kappa shape index (κ1) is 29.9. The van der Waals surface area contributed by atoms with Crippen LogP contribution in [-0.2, 0) is 22.3 Å². The van der Waals surface area contributed by atoms with E-state index in [-0.39, 0.29) is 23.6 Å². The first-order valence-corrected chi connectivity index (χ1v) is 13.3. The van der Waals surface area contributed by atoms with Crippen LogP contribution in [0, 0.1) is 0 Å². The number of nitrogens with zero attached hydrogens (tertiary/aromatic N) is 2. The second-order valence-corrected chi connectivity index (χ2v) is 10.9. The standard InChI is InChI=1S/C30H33F3N4O4/c1-29(2,3)41-28(40)37-16-14-36(15-17-37)19-22-6-11-24(18-26(22)30(31,32)33)35-27(39)34-23-9-4-20(5-10-23)21-7-12-25(38)13-8-21/h4-12,18H,13-17,19H2,1-3H3,(H2,34,35,39). The zero-order valence-corrected chi connectivity index (χ0v) is 23.2. The highest BCUT2D eigenvalue weighted by Crippen LogP contribution is 2.35. The number of alkyl halides is 3. The molecule has 0 bridgehead atoms. The zero-order chi connectivity index (χ0) is 29.8. The summed E-state index contributed by atoms with van der Waals surface area (Å²) in [7, 11) is 0. The van der Waals surface area contributed by atoms with E-state index in [1.165, 1.54) is 18.2 Å². The number of benzene rings is 2. The third kappa shape index (κ3) is 8.43. The molecule has 2 aromatic rings. The van der Waals surface area contributed by atoms with Crippen molar-refractivity contribution in [3.8, 4) is 0 Å². The molecule has 0 atom stereocenters. The number of carbonyl (C=O) groups excluding carboxylic acids is 3. The van der Waals surface area contributed by atoms with Crippen molar-refractivity contribution < 1.29 is 32.3 Å². The van der Waals surface area contributed by atoms with Gasteiger partial charge in [0, 0.05) is 50.5 Å². The lowest BCUT2D eigenvalue weighted by Gasteiger charge is -2.36. The normalized spacial score (nSPS) is 16.3. The molecule has 1 saturated heterocycles. The summed E-state index contributed by atoms with van der Waals surface area (Å²) in [6, 6.07) is 9.96. The molecule has 1 fully saturated rings. The molecule has 11 heteroatoms. The summed E-state index contributed by atoms with van der Waals surface area (Å²) >= 11 is 0. The van der Waals surface area contributed by atoms with Gasteiger partial charge in [-0.2, -0.15) is 13.2 Å². The van der Waals surface area contributed by atoms with Crippen molar-refractivity contribution in [3.63, 3.8) is 0 Å². The van der Waals surface area contributed by atoms with Gasteiger partial charge in [-0.15, -0.1) is 0 Å². The number of rotatable bonds is 5. The van der Waals surface area contributed by atoms with Gasteiger partial charge >= 0.3 is 18.3 Å². The topological polar surface area (TPSA) is 91.0 Å². The summed E-state index contributed by atoms with van der Waals surface area (Å²) in [5.74, 6) is 0.0311. The van der Waals surface area contributed by atoms with E-state index < -0.39 is 29.5 Å². The van der Waals surface area contributed by atoms with Gasteiger partial charge < -0.3 is 20.3 Å². The van der Waals surface area contributed by atoms with Crippen molar-refractivity contribution in [1.29, 1.82) is 0 Å². The van der Waals surface area contributed by atoms with Gasteiger partial charge in [-0.05, 0) is 67.8 Å². The molecule has 2 aliphatic rings. The van der Waals surface area contributed by atoms with Crippen LogP contribution in [-0.4, -0.2) is 59.5 Å². The first-order valence-electron chi connectivity index (χ1n) is 13.3. The first-order chi connectivity index (χ1) is 19.3. The Bertz CT molecular complexity index is 1350. The van der Waals surface area contributed by atoms with Crippen molar-refractivity contribution in [1.82, 2.24) is 9.80 Å². The maximum atomic E-state index is 14.0. The molecular weight excluding hydrogens is 537 g/mol. The molecule has 2 aromatic carbocycles. The Morgan fingerprint density at radius 3 is 2.12 bits per heavy atom. The minimum Gasteiger partial charge on any atom is -0.444 e. The Kier molecular flexibility index (Phi) is 8.86. The number of hydrogen-bond acceptors (Lipinski definition) is 5. The predicted octanol–water partition coefficient (Wildman–Crippen LogP) is 6.31. The number of amides is 3. The van der Waals surface area contributed by atoms with Gasteiger partial charge in [0.1, 0.15) is 5.60 Å². The highest BCUT2D eigenvalue weighted by Gasteiger charge is 2.35. The zero-order valence-electron chi connectivity index (χ0n) is 23.2. The fraction of sp³-hybridized carbons (Fsp3) is 0.367. The number of ether oxygens (including phenoxy) is 1. The number of ketones is 1. The molecule has 0 saturated carbocycles. The number of piperazine rings is 1. The summed E-state index contributed by atoms with van der Waals surface area (Å²) in [5, 5.41) is 5.09. The van der Waals surface area contributed by atoms with Crippen LogP contribution in [0.2, 0.25) is 0 Å². The lowest BCUT2D eigenvalue weighted by Crippen LogP contribution is -2.49. The van der Waals surface area contributed by atoms with Crippen LogP contribution in [0.5, 0.6) is 0 Å². The second-order valence-electron chi connectivity index (χ2n) is 10.9. The smallest absolute Gasteiger partial charge is 0.416 e. The number of anilines is 2. The summed E-state index contributed by atoms with van der Waals surface area (Å²) in [4.78, 5) is 39.6. The van der Waals surface area contributed by atoms with Crippen LogP contribution in [0.4, 0.5) is 34.1 Å². The van der Waals surface area contributed by atoms with E-state index >= 15 is 0 Å². The van der Waals surface area contributed by atoms with E-state index in [9.17, 15) is 27.6 Å². The lowest BCUT2D eigenvalue weighted by molar-refractivity contribution is -0.138. The van der Waals surface area contributed by atoms with E-state index in [2.05, 4.69) is 10.6 Å². The van der Waals surface area contributed by atoms with Gasteiger partial charge in [0.2, 0.25) is 0 Å². The number of nitrogens with one attached hydrogen (secondary N) is 2. The van der Waals surface area contributed by atoms with Gasteiger partial charge in [-0.25, -0.2) is 9.59 Å². The summed E-state index contributed by atoms with van der Waals surface area (Å²) in [5.41, 5.74) is 0.856. The monoisotopic (exact) mass is 570 g/mol. The molecule has 0 spiro atoms. The van der Waals surface area contributed by atoms with Crippen LogP contribution in [0.25, 0.3) is 5.57 Å². The number of carbonyl (C=O) groups is 3. The molecule has 1 heterocycles. The summed E-state index contributed by atoms with van der Waals surface area (Å²) in [6.07, 6.45) is 0.342. The largest absolute Gasteiger partial charge is 0.444 e. The van der Waals surface area contributed by atoms with Gasteiger partial charge in [0.25, 0.3) is 0 Å². The van der Waals surface area contributed by atoms with E-state index in [0.717, 1.165) is 17.2 Å². The average Bonchev–Trinajstić information content (AvgIpc) is 2.89. The van der Waals surface area contributed by atoms with E-state index in [0.29, 0.717) is 38.3 Å². The molecule has 1 aliphatic carbocycles. The molecule has 0 unspecified atom stereocenters. The number of urea groups is 1. The number of halogens is 3. The van der Waals surface area contributed by atoms with Crippen molar-refractivity contribution in [2.45, 2.75) is 45.5 Å². The average molecular weight is 571 g/mol. The third-order valence-corrected chi connectivity index (χ3v) is 6.54. The van der Waals surface area contributed by atoms with Gasteiger partial charge in [-0.3, -0.25) is 9.69 Å². The molecule has 8 nitrogen and oxygen atoms in total. The molecule has 0 radical (unpaired) electrons. The van der Waals surface area contributed by atoms with Crippen LogP contribution >= 0.6 is 0 Å². The highest BCUT2D eigenvalue weighted by atomic mass is 19.4. The van der Waals surface area contributed by atoms with E-state index in [1.807, 2.05) is 11.0 Å². The second kappa shape index (κ2) is 12.2. The number of allylic oxidation sites excluding steroid dienone is 4. The third-order valence-electron chi connectivity index (χ3n) is 6.54. The van der Waals surface area contributed by atoms with Crippen LogP contribution < -0.4 is 10.6 Å². The van der Waals surface area contributed by atoms with Gasteiger partial charge in [0.15, 0.2) is 5.78 Å². The van der Waals surface area contributed by atoms with Crippen molar-refractivity contribution in [2.24, 2.45) is 0 Å². The summed E-state index contributed by atoms with van der Waals surface area (Å²) in [6.45, 7) is 6.90. The van der Waals surface area contributed by atoms with Crippen LogP contribution in [0.1, 0.15) is 43.9 Å². The number of hydrogen-bond donors (Lipinski definition) is 2. The lowest BCUT2D eigenvalue weighted by atomic mass is 9.99. The summed E-state index contributed by atoms with van der Waals surface area (Å²) < 4.78 is 47.3. The maximum absolute atomic E-state index is 14.0. The predicted molar refractivity (Wildman–Crippen MR) is 150 cm³/mol. The van der Waals surface area contributed by atoms with Gasteiger partial charge in [-0.1, -0.05) is 30.4 Å². The molecule has 3 amide bonds. The molecule has 1 aliphatic heterocycles. The highest BCUT2D eigenvalue weighted by molar-refractivity contribution is 6.00. The SMILES string of the molecule is CC(C)(C)OC(=O)N1CCN(Cc2ccc(NC(=O)Nc3ccc(C4=CCC(=O)C=C4)cc3)cc2C(F)(F)F)CC1. The van der Waals surface area contributed by atoms with Crippen molar-refractivity contribution >= 4 is 34.9 Å². The van der Waals surface area contributed by atoms with E-state index in [4.69, 9.17) is 4.74 Å². The molecule has 41 heavy (non-hydrogen) atoms.